The van der Waals surface area contributed by atoms with E-state index in [4.69, 9.17) is 0 Å². The number of rotatable bonds is 1. The summed E-state index contributed by atoms with van der Waals surface area (Å²) in [5.41, 5.74) is 6.21. The molecule has 84 valence electrons. The molecule has 0 bridgehead atoms. The van der Waals surface area contributed by atoms with Crippen molar-refractivity contribution in [3.63, 3.8) is 0 Å². The minimum absolute atomic E-state index is 0.0878. The molecule has 0 spiro atoms. The van der Waals surface area contributed by atoms with E-state index in [0.29, 0.717) is 0 Å². The number of carbonyl (C=O) groups excluding carboxylic acids is 1. The van der Waals surface area contributed by atoms with E-state index >= 15 is 0 Å². The van der Waals surface area contributed by atoms with Gasteiger partial charge >= 0.3 is 0 Å². The summed E-state index contributed by atoms with van der Waals surface area (Å²) in [6.07, 6.45) is 1.76. The molecule has 2 rings (SSSR count). The first-order valence-electron chi connectivity index (χ1n) is 5.04. The number of hydrazine groups is 1. The second kappa shape index (κ2) is 3.63. The Kier molecular flexibility index (Phi) is 2.42. The third kappa shape index (κ3) is 1.78. The maximum absolute atomic E-state index is 13.0. The highest BCUT2D eigenvalue weighted by atomic mass is 19.1. The van der Waals surface area contributed by atoms with Crippen molar-refractivity contribution in [2.45, 2.75) is 13.8 Å². The smallest absolute Gasteiger partial charge is 0.249 e. The van der Waals surface area contributed by atoms with Gasteiger partial charge in [-0.2, -0.15) is 0 Å². The number of hydrogen-bond donors (Lipinski definition) is 2. The number of hydrogen-bond acceptors (Lipinski definition) is 2. The maximum atomic E-state index is 13.0. The molecular formula is C12H13FN2O. The zero-order chi connectivity index (χ0) is 11.8. The lowest BCUT2D eigenvalue weighted by molar-refractivity contribution is -0.125. The summed E-state index contributed by atoms with van der Waals surface area (Å²) in [5, 5.41) is 0. The van der Waals surface area contributed by atoms with Gasteiger partial charge < -0.3 is 5.43 Å². The summed E-state index contributed by atoms with van der Waals surface area (Å²) in [6, 6.07) is 6.24. The molecule has 1 aliphatic rings. The van der Waals surface area contributed by atoms with E-state index in [0.717, 1.165) is 11.3 Å². The Morgan fingerprint density at radius 2 is 2.06 bits per heavy atom. The summed E-state index contributed by atoms with van der Waals surface area (Å²) in [4.78, 5) is 11.5. The van der Waals surface area contributed by atoms with Gasteiger partial charge in [-0.3, -0.25) is 10.2 Å². The van der Waals surface area contributed by atoms with Crippen molar-refractivity contribution in [2.24, 2.45) is 5.41 Å². The van der Waals surface area contributed by atoms with Gasteiger partial charge in [0.05, 0.1) is 5.41 Å². The highest BCUT2D eigenvalue weighted by Gasteiger charge is 2.37. The van der Waals surface area contributed by atoms with E-state index in [1.807, 2.05) is 13.8 Å². The number of halogens is 1. The molecule has 16 heavy (non-hydrogen) atoms. The van der Waals surface area contributed by atoms with Crippen LogP contribution in [0.3, 0.4) is 0 Å². The normalized spacial score (nSPS) is 20.7. The van der Waals surface area contributed by atoms with Gasteiger partial charge in [0.15, 0.2) is 0 Å². The van der Waals surface area contributed by atoms with E-state index in [1.165, 1.54) is 12.1 Å². The molecule has 1 aromatic carbocycles. The van der Waals surface area contributed by atoms with E-state index in [2.05, 4.69) is 10.9 Å². The Morgan fingerprint density at radius 1 is 1.31 bits per heavy atom. The molecule has 0 aromatic heterocycles. The predicted octanol–water partition coefficient (Wildman–Crippen LogP) is 1.83. The Hall–Kier alpha value is -1.84. The van der Waals surface area contributed by atoms with E-state index in [9.17, 15) is 9.18 Å². The van der Waals surface area contributed by atoms with E-state index in [1.54, 1.807) is 18.2 Å². The molecule has 3 nitrogen and oxygen atoms in total. The SMILES string of the molecule is CC1(C)C(=O)NN/C1=C\c1cccc(F)c1. The summed E-state index contributed by atoms with van der Waals surface area (Å²) in [5.74, 6) is -0.375. The first-order valence-corrected chi connectivity index (χ1v) is 5.04. The molecule has 1 amide bonds. The molecule has 0 aliphatic carbocycles. The Labute approximate surface area is 93.3 Å². The predicted molar refractivity (Wildman–Crippen MR) is 59.4 cm³/mol. The van der Waals surface area contributed by atoms with Crippen LogP contribution in [0.1, 0.15) is 19.4 Å². The molecule has 0 unspecified atom stereocenters. The second-order valence-electron chi connectivity index (χ2n) is 4.32. The fourth-order valence-electron chi connectivity index (χ4n) is 1.54. The lowest BCUT2D eigenvalue weighted by Gasteiger charge is -2.14. The van der Waals surface area contributed by atoms with Gasteiger partial charge in [0.25, 0.3) is 0 Å². The standard InChI is InChI=1S/C12H13FN2O/c1-12(2)10(14-15-11(12)16)7-8-4-3-5-9(13)6-8/h3-7,14H,1-2H3,(H,15,16)/b10-7-. The van der Waals surface area contributed by atoms with Crippen LogP contribution in [0, 0.1) is 11.2 Å². The van der Waals surface area contributed by atoms with Crippen LogP contribution in [0.25, 0.3) is 6.08 Å². The molecule has 1 saturated heterocycles. The topological polar surface area (TPSA) is 41.1 Å². The minimum Gasteiger partial charge on any atom is -0.302 e. The summed E-state index contributed by atoms with van der Waals surface area (Å²) < 4.78 is 13.0. The zero-order valence-electron chi connectivity index (χ0n) is 9.17. The lowest BCUT2D eigenvalue weighted by atomic mass is 9.89. The first-order chi connectivity index (χ1) is 7.50. The highest BCUT2D eigenvalue weighted by molar-refractivity contribution is 5.89. The van der Waals surface area contributed by atoms with Gasteiger partial charge in [0.2, 0.25) is 5.91 Å². The molecule has 0 radical (unpaired) electrons. The third-order valence-electron chi connectivity index (χ3n) is 2.71. The van der Waals surface area contributed by atoms with Gasteiger partial charge in [-0.1, -0.05) is 12.1 Å². The van der Waals surface area contributed by atoms with Crippen molar-refractivity contribution in [3.05, 3.63) is 41.3 Å². The van der Waals surface area contributed by atoms with Crippen molar-refractivity contribution >= 4 is 12.0 Å². The zero-order valence-corrected chi connectivity index (χ0v) is 9.17. The van der Waals surface area contributed by atoms with E-state index < -0.39 is 5.41 Å². The molecule has 1 heterocycles. The van der Waals surface area contributed by atoms with Crippen LogP contribution in [-0.4, -0.2) is 5.91 Å². The molecule has 0 saturated carbocycles. The van der Waals surface area contributed by atoms with Crippen LogP contribution in [0.2, 0.25) is 0 Å². The number of carbonyl (C=O) groups is 1. The average Bonchev–Trinajstić information content (AvgIpc) is 2.45. The number of benzene rings is 1. The van der Waals surface area contributed by atoms with Crippen LogP contribution in [-0.2, 0) is 4.79 Å². The molecule has 1 fully saturated rings. The molecule has 0 atom stereocenters. The molecule has 1 aliphatic heterocycles. The Bertz CT molecular complexity index is 466. The van der Waals surface area contributed by atoms with Gasteiger partial charge in [-0.05, 0) is 37.6 Å². The first kappa shape index (κ1) is 10.7. The number of nitrogens with one attached hydrogen (secondary N) is 2. The lowest BCUT2D eigenvalue weighted by Crippen LogP contribution is -2.28. The molecular weight excluding hydrogens is 207 g/mol. The molecule has 1 aromatic rings. The molecule has 4 heteroatoms. The maximum Gasteiger partial charge on any atom is 0.249 e. The van der Waals surface area contributed by atoms with Crippen molar-refractivity contribution in [3.8, 4) is 0 Å². The Balaban J connectivity index is 2.35. The van der Waals surface area contributed by atoms with Crippen LogP contribution in [0.15, 0.2) is 30.0 Å². The fourth-order valence-corrected chi connectivity index (χ4v) is 1.54. The van der Waals surface area contributed by atoms with Crippen LogP contribution >= 0.6 is 0 Å². The third-order valence-corrected chi connectivity index (χ3v) is 2.71. The highest BCUT2D eigenvalue weighted by Crippen LogP contribution is 2.29. The van der Waals surface area contributed by atoms with Crippen LogP contribution < -0.4 is 10.9 Å². The summed E-state index contributed by atoms with van der Waals surface area (Å²) in [7, 11) is 0. The monoisotopic (exact) mass is 220 g/mol. The van der Waals surface area contributed by atoms with Crippen LogP contribution in [0.4, 0.5) is 4.39 Å². The van der Waals surface area contributed by atoms with Gasteiger partial charge in [-0.25, -0.2) is 4.39 Å². The van der Waals surface area contributed by atoms with Crippen molar-refractivity contribution in [1.82, 2.24) is 10.9 Å². The molecule has 2 N–H and O–H groups in total. The minimum atomic E-state index is -0.605. The van der Waals surface area contributed by atoms with Crippen molar-refractivity contribution in [1.29, 1.82) is 0 Å². The summed E-state index contributed by atoms with van der Waals surface area (Å²) >= 11 is 0. The van der Waals surface area contributed by atoms with E-state index in [-0.39, 0.29) is 11.7 Å². The van der Waals surface area contributed by atoms with Gasteiger partial charge in [0.1, 0.15) is 5.82 Å². The van der Waals surface area contributed by atoms with Crippen molar-refractivity contribution in [2.75, 3.05) is 0 Å². The number of amides is 1. The van der Waals surface area contributed by atoms with Gasteiger partial charge in [0, 0.05) is 5.70 Å². The fraction of sp³-hybridized carbons (Fsp3) is 0.250. The summed E-state index contributed by atoms with van der Waals surface area (Å²) in [6.45, 7) is 3.63. The average molecular weight is 220 g/mol. The largest absolute Gasteiger partial charge is 0.302 e. The van der Waals surface area contributed by atoms with Crippen molar-refractivity contribution < 1.29 is 9.18 Å². The Morgan fingerprint density at radius 3 is 2.62 bits per heavy atom. The van der Waals surface area contributed by atoms with Gasteiger partial charge in [-0.15, -0.1) is 0 Å². The quantitative estimate of drug-likeness (QED) is 0.758. The second-order valence-corrected chi connectivity index (χ2v) is 4.32. The van der Waals surface area contributed by atoms with Crippen LogP contribution in [0.5, 0.6) is 0 Å².